The number of nitrogens with one attached hydrogen (secondary N) is 2. The normalized spacial score (nSPS) is 18.2. The highest BCUT2D eigenvalue weighted by molar-refractivity contribution is 7.89. The number of esters is 1. The lowest BCUT2D eigenvalue weighted by Gasteiger charge is -2.14. The summed E-state index contributed by atoms with van der Waals surface area (Å²) < 4.78 is 32.8. The number of carbonyl (C=O) groups excluding carboxylic acids is 1. The topological polar surface area (TPSA) is 97.4 Å². The Morgan fingerprint density at radius 3 is 2.87 bits per heavy atom. The Bertz CT molecular complexity index is 845. The van der Waals surface area contributed by atoms with Crippen molar-refractivity contribution in [2.75, 3.05) is 20.2 Å². The Kier molecular flexibility index (Phi) is 4.29. The number of hydrogen-bond donors (Lipinski definition) is 2. The van der Waals surface area contributed by atoms with Crippen molar-refractivity contribution in [3.8, 4) is 0 Å². The minimum atomic E-state index is -3.69. The predicted molar refractivity (Wildman–Crippen MR) is 84.7 cm³/mol. The van der Waals surface area contributed by atoms with E-state index >= 15 is 0 Å². The molecule has 7 nitrogen and oxygen atoms in total. The molecule has 3 rings (SSSR count). The van der Waals surface area contributed by atoms with Crippen LogP contribution in [0.25, 0.3) is 10.8 Å². The lowest BCUT2D eigenvalue weighted by atomic mass is 10.1. The Hall–Kier alpha value is -2.03. The SMILES string of the molecule is COC(=O)c1nccc2c(S(=O)(=O)NC3CCNC3)cccc12. The van der Waals surface area contributed by atoms with E-state index in [0.29, 0.717) is 17.3 Å². The van der Waals surface area contributed by atoms with Crippen LogP contribution in [0.4, 0.5) is 0 Å². The molecular weight excluding hydrogens is 318 g/mol. The van der Waals surface area contributed by atoms with Gasteiger partial charge in [0, 0.05) is 29.6 Å². The molecule has 2 N–H and O–H groups in total. The molecule has 23 heavy (non-hydrogen) atoms. The zero-order chi connectivity index (χ0) is 16.4. The number of ether oxygens (including phenoxy) is 1. The Morgan fingerprint density at radius 2 is 2.17 bits per heavy atom. The van der Waals surface area contributed by atoms with Gasteiger partial charge in [0.05, 0.1) is 12.0 Å². The van der Waals surface area contributed by atoms with Crippen molar-refractivity contribution in [1.82, 2.24) is 15.0 Å². The molecule has 1 aliphatic rings. The average Bonchev–Trinajstić information content (AvgIpc) is 3.05. The number of aromatic nitrogens is 1. The molecule has 1 aliphatic heterocycles. The highest BCUT2D eigenvalue weighted by atomic mass is 32.2. The van der Waals surface area contributed by atoms with Crippen molar-refractivity contribution < 1.29 is 17.9 Å². The maximum atomic E-state index is 12.7. The third kappa shape index (κ3) is 3.05. The van der Waals surface area contributed by atoms with Crippen molar-refractivity contribution >= 4 is 26.8 Å². The number of benzene rings is 1. The summed E-state index contributed by atoms with van der Waals surface area (Å²) in [6.45, 7) is 1.40. The molecule has 122 valence electrons. The van der Waals surface area contributed by atoms with Gasteiger partial charge in [-0.1, -0.05) is 12.1 Å². The van der Waals surface area contributed by atoms with E-state index in [-0.39, 0.29) is 16.6 Å². The van der Waals surface area contributed by atoms with Crippen molar-refractivity contribution in [3.63, 3.8) is 0 Å². The van der Waals surface area contributed by atoms with E-state index in [9.17, 15) is 13.2 Å². The molecule has 1 unspecified atom stereocenters. The number of fused-ring (bicyclic) bond motifs is 1. The Balaban J connectivity index is 2.09. The number of hydrogen-bond acceptors (Lipinski definition) is 6. The highest BCUT2D eigenvalue weighted by Crippen LogP contribution is 2.25. The van der Waals surface area contributed by atoms with Gasteiger partial charge >= 0.3 is 5.97 Å². The molecule has 1 fully saturated rings. The minimum Gasteiger partial charge on any atom is -0.464 e. The molecule has 1 atom stereocenters. The smallest absolute Gasteiger partial charge is 0.357 e. The summed E-state index contributed by atoms with van der Waals surface area (Å²) >= 11 is 0. The number of rotatable bonds is 4. The fourth-order valence-electron chi connectivity index (χ4n) is 2.71. The van der Waals surface area contributed by atoms with Crippen LogP contribution in [-0.2, 0) is 14.8 Å². The van der Waals surface area contributed by atoms with E-state index in [4.69, 9.17) is 4.74 Å². The average molecular weight is 335 g/mol. The van der Waals surface area contributed by atoms with Crippen molar-refractivity contribution in [2.24, 2.45) is 0 Å². The first-order chi connectivity index (χ1) is 11.0. The first kappa shape index (κ1) is 15.9. The maximum absolute atomic E-state index is 12.7. The second kappa shape index (κ2) is 6.23. The van der Waals surface area contributed by atoms with Crippen LogP contribution >= 0.6 is 0 Å². The summed E-state index contributed by atoms with van der Waals surface area (Å²) in [6.07, 6.45) is 2.16. The summed E-state index contributed by atoms with van der Waals surface area (Å²) in [5.41, 5.74) is 0.101. The Labute approximate surface area is 134 Å². The van der Waals surface area contributed by atoms with Gasteiger partial charge in [0.25, 0.3) is 0 Å². The number of sulfonamides is 1. The van der Waals surface area contributed by atoms with Gasteiger partial charge in [-0.15, -0.1) is 0 Å². The molecule has 1 saturated heterocycles. The molecule has 2 aromatic rings. The second-order valence-corrected chi connectivity index (χ2v) is 7.00. The maximum Gasteiger partial charge on any atom is 0.357 e. The second-order valence-electron chi connectivity index (χ2n) is 5.31. The summed E-state index contributed by atoms with van der Waals surface area (Å²) in [6, 6.07) is 6.23. The van der Waals surface area contributed by atoms with Crippen LogP contribution in [0, 0.1) is 0 Å². The number of methoxy groups -OCH3 is 1. The lowest BCUT2D eigenvalue weighted by molar-refractivity contribution is 0.0596. The van der Waals surface area contributed by atoms with E-state index in [1.807, 2.05) is 0 Å². The molecule has 2 heterocycles. The summed E-state index contributed by atoms with van der Waals surface area (Å²) in [5.74, 6) is -0.599. The van der Waals surface area contributed by atoms with E-state index in [0.717, 1.165) is 13.0 Å². The minimum absolute atomic E-state index is 0.101. The molecule has 1 aromatic heterocycles. The van der Waals surface area contributed by atoms with Gasteiger partial charge in [-0.3, -0.25) is 0 Å². The first-order valence-corrected chi connectivity index (χ1v) is 8.70. The quantitative estimate of drug-likeness (QED) is 0.797. The molecule has 0 aliphatic carbocycles. The Morgan fingerprint density at radius 1 is 1.35 bits per heavy atom. The van der Waals surface area contributed by atoms with Crippen molar-refractivity contribution in [1.29, 1.82) is 0 Å². The summed E-state index contributed by atoms with van der Waals surface area (Å²) in [5, 5.41) is 4.01. The van der Waals surface area contributed by atoms with E-state index in [1.54, 1.807) is 18.2 Å². The van der Waals surface area contributed by atoms with Crippen LogP contribution in [0.15, 0.2) is 35.4 Å². The van der Waals surface area contributed by atoms with Crippen molar-refractivity contribution in [2.45, 2.75) is 17.4 Å². The number of carbonyl (C=O) groups is 1. The van der Waals surface area contributed by atoms with Crippen LogP contribution in [0.2, 0.25) is 0 Å². The zero-order valence-corrected chi connectivity index (χ0v) is 13.4. The molecule has 0 bridgehead atoms. The van der Waals surface area contributed by atoms with E-state index in [2.05, 4.69) is 15.0 Å². The van der Waals surface area contributed by atoms with Gasteiger partial charge in [-0.2, -0.15) is 0 Å². The summed E-state index contributed by atoms with van der Waals surface area (Å²) in [7, 11) is -2.43. The molecule has 0 radical (unpaired) electrons. The van der Waals surface area contributed by atoms with Crippen molar-refractivity contribution in [3.05, 3.63) is 36.2 Å². The zero-order valence-electron chi connectivity index (χ0n) is 12.6. The van der Waals surface area contributed by atoms with Crippen LogP contribution in [0.5, 0.6) is 0 Å². The molecule has 0 spiro atoms. The molecule has 0 amide bonds. The van der Waals surface area contributed by atoms with Crippen LogP contribution in [-0.4, -0.2) is 45.6 Å². The van der Waals surface area contributed by atoms with E-state index in [1.165, 1.54) is 19.4 Å². The van der Waals surface area contributed by atoms with Crippen LogP contribution in [0.3, 0.4) is 0 Å². The molecular formula is C15H17N3O4S. The fourth-order valence-corrected chi connectivity index (χ4v) is 4.20. The van der Waals surface area contributed by atoms with Gasteiger partial charge in [0.1, 0.15) is 0 Å². The third-order valence-electron chi connectivity index (χ3n) is 3.82. The third-order valence-corrected chi connectivity index (χ3v) is 5.40. The lowest BCUT2D eigenvalue weighted by Crippen LogP contribution is -2.36. The van der Waals surface area contributed by atoms with Gasteiger partial charge in [0.2, 0.25) is 10.0 Å². The van der Waals surface area contributed by atoms with Gasteiger partial charge in [-0.05, 0) is 25.1 Å². The standard InChI is InChI=1S/C15H17N3O4S/c1-22-15(19)14-12-3-2-4-13(11(12)6-8-17-14)23(20,21)18-10-5-7-16-9-10/h2-4,6,8,10,16,18H,5,7,9H2,1H3. The van der Waals surface area contributed by atoms with Gasteiger partial charge in [0.15, 0.2) is 5.69 Å². The number of pyridine rings is 1. The fraction of sp³-hybridized carbons (Fsp3) is 0.333. The number of nitrogens with zero attached hydrogens (tertiary/aromatic N) is 1. The first-order valence-electron chi connectivity index (χ1n) is 7.22. The van der Waals surface area contributed by atoms with Crippen LogP contribution < -0.4 is 10.0 Å². The molecule has 0 saturated carbocycles. The molecule has 1 aromatic carbocycles. The van der Waals surface area contributed by atoms with E-state index < -0.39 is 16.0 Å². The monoisotopic (exact) mass is 335 g/mol. The molecule has 8 heteroatoms. The van der Waals surface area contributed by atoms with Gasteiger partial charge in [-0.25, -0.2) is 22.9 Å². The van der Waals surface area contributed by atoms with Gasteiger partial charge < -0.3 is 10.1 Å². The predicted octanol–water partition coefficient (Wildman–Crippen LogP) is 0.662. The summed E-state index contributed by atoms with van der Waals surface area (Å²) in [4.78, 5) is 15.9. The highest BCUT2D eigenvalue weighted by Gasteiger charge is 2.25. The largest absolute Gasteiger partial charge is 0.464 e. The van der Waals surface area contributed by atoms with Crippen LogP contribution in [0.1, 0.15) is 16.9 Å².